The smallest absolute Gasteiger partial charge is 0.176 e. The Morgan fingerprint density at radius 1 is 1.12 bits per heavy atom. The van der Waals surface area contributed by atoms with Crippen molar-refractivity contribution in [3.05, 3.63) is 35.4 Å². The van der Waals surface area contributed by atoms with Crippen molar-refractivity contribution in [1.82, 2.24) is 9.80 Å². The molecule has 0 aliphatic carbocycles. The second-order valence-electron chi connectivity index (χ2n) is 4.87. The van der Waals surface area contributed by atoms with Gasteiger partial charge in [0.05, 0.1) is 6.54 Å². The molecule has 3 heteroatoms. The topological polar surface area (TPSA) is 23.6 Å². The Morgan fingerprint density at radius 2 is 1.71 bits per heavy atom. The molecule has 0 N–H and O–H groups in total. The maximum atomic E-state index is 12.1. The van der Waals surface area contributed by atoms with Gasteiger partial charge in [-0.25, -0.2) is 0 Å². The second kappa shape index (κ2) is 5.43. The molecule has 1 fully saturated rings. The van der Waals surface area contributed by atoms with E-state index < -0.39 is 0 Å². The number of hydrogen-bond acceptors (Lipinski definition) is 3. The Morgan fingerprint density at radius 3 is 2.29 bits per heavy atom. The van der Waals surface area contributed by atoms with Crippen molar-refractivity contribution in [2.75, 3.05) is 39.8 Å². The van der Waals surface area contributed by atoms with Crippen LogP contribution in [0, 0.1) is 6.92 Å². The molecule has 3 nitrogen and oxygen atoms in total. The average Bonchev–Trinajstić information content (AvgIpc) is 2.33. The Hall–Kier alpha value is -1.19. The number of nitrogens with zero attached hydrogens (tertiary/aromatic N) is 2. The SMILES string of the molecule is Cc1ccc(C(=O)CN2CCN(C)CC2)cc1. The number of carbonyl (C=O) groups excluding carboxylic acids is 1. The molecule has 1 saturated heterocycles. The fraction of sp³-hybridized carbons (Fsp3) is 0.500. The molecule has 0 radical (unpaired) electrons. The largest absolute Gasteiger partial charge is 0.304 e. The van der Waals surface area contributed by atoms with Gasteiger partial charge in [-0.3, -0.25) is 9.69 Å². The minimum absolute atomic E-state index is 0.231. The zero-order chi connectivity index (χ0) is 12.3. The van der Waals surface area contributed by atoms with Crippen LogP contribution in [0.5, 0.6) is 0 Å². The molecule has 0 aromatic heterocycles. The normalized spacial score (nSPS) is 18.2. The number of likely N-dealkylation sites (N-methyl/N-ethyl adjacent to an activating group) is 1. The maximum absolute atomic E-state index is 12.1. The number of benzene rings is 1. The van der Waals surface area contributed by atoms with Gasteiger partial charge in [0.15, 0.2) is 5.78 Å². The third-order valence-corrected chi connectivity index (χ3v) is 3.34. The van der Waals surface area contributed by atoms with Crippen LogP contribution in [0.1, 0.15) is 15.9 Å². The van der Waals surface area contributed by atoms with Gasteiger partial charge in [0, 0.05) is 31.7 Å². The second-order valence-corrected chi connectivity index (χ2v) is 4.87. The van der Waals surface area contributed by atoms with E-state index in [0.717, 1.165) is 31.7 Å². The van der Waals surface area contributed by atoms with Crippen molar-refractivity contribution < 1.29 is 4.79 Å². The highest BCUT2D eigenvalue weighted by Crippen LogP contribution is 2.06. The van der Waals surface area contributed by atoms with Gasteiger partial charge in [-0.15, -0.1) is 0 Å². The van der Waals surface area contributed by atoms with E-state index in [2.05, 4.69) is 16.8 Å². The molecule has 0 spiro atoms. The molecule has 0 bridgehead atoms. The zero-order valence-corrected chi connectivity index (χ0v) is 10.6. The summed E-state index contributed by atoms with van der Waals surface area (Å²) in [6.07, 6.45) is 0. The van der Waals surface area contributed by atoms with E-state index in [9.17, 15) is 4.79 Å². The van der Waals surface area contributed by atoms with Crippen LogP contribution in [0.4, 0.5) is 0 Å². The molecule has 1 heterocycles. The zero-order valence-electron chi connectivity index (χ0n) is 10.6. The van der Waals surface area contributed by atoms with Gasteiger partial charge in [0.1, 0.15) is 0 Å². The van der Waals surface area contributed by atoms with Crippen LogP contribution in [0.15, 0.2) is 24.3 Å². The van der Waals surface area contributed by atoms with Gasteiger partial charge < -0.3 is 4.90 Å². The van der Waals surface area contributed by atoms with Crippen LogP contribution in [0.3, 0.4) is 0 Å². The predicted octanol–water partition coefficient (Wildman–Crippen LogP) is 1.43. The summed E-state index contributed by atoms with van der Waals surface area (Å²) < 4.78 is 0. The minimum Gasteiger partial charge on any atom is -0.304 e. The van der Waals surface area contributed by atoms with E-state index in [1.54, 1.807) is 0 Å². The first-order chi connectivity index (χ1) is 8.15. The van der Waals surface area contributed by atoms with Crippen LogP contribution in [0.25, 0.3) is 0 Å². The molecule has 17 heavy (non-hydrogen) atoms. The molecule has 1 aromatic rings. The third kappa shape index (κ3) is 3.38. The summed E-state index contributed by atoms with van der Waals surface area (Å²) in [5.74, 6) is 0.231. The fourth-order valence-electron chi connectivity index (χ4n) is 2.04. The summed E-state index contributed by atoms with van der Waals surface area (Å²) in [6.45, 7) is 6.69. The maximum Gasteiger partial charge on any atom is 0.176 e. The van der Waals surface area contributed by atoms with Crippen molar-refractivity contribution in [3.63, 3.8) is 0 Å². The molecule has 2 rings (SSSR count). The Kier molecular flexibility index (Phi) is 3.92. The van der Waals surface area contributed by atoms with E-state index in [1.165, 1.54) is 5.56 Å². The van der Waals surface area contributed by atoms with Gasteiger partial charge in [-0.2, -0.15) is 0 Å². The first kappa shape index (κ1) is 12.3. The lowest BCUT2D eigenvalue weighted by atomic mass is 10.1. The van der Waals surface area contributed by atoms with Crippen molar-refractivity contribution in [2.45, 2.75) is 6.92 Å². The van der Waals surface area contributed by atoms with Crippen molar-refractivity contribution in [2.24, 2.45) is 0 Å². The molecule has 0 amide bonds. The van der Waals surface area contributed by atoms with E-state index in [4.69, 9.17) is 0 Å². The summed E-state index contributed by atoms with van der Waals surface area (Å²) in [5, 5.41) is 0. The quantitative estimate of drug-likeness (QED) is 0.737. The highest BCUT2D eigenvalue weighted by Gasteiger charge is 2.17. The van der Waals surface area contributed by atoms with E-state index in [0.29, 0.717) is 6.54 Å². The number of carbonyl (C=O) groups is 1. The third-order valence-electron chi connectivity index (χ3n) is 3.34. The summed E-state index contributed by atoms with van der Waals surface area (Å²) in [5.41, 5.74) is 2.02. The van der Waals surface area contributed by atoms with Gasteiger partial charge in [0.25, 0.3) is 0 Å². The average molecular weight is 232 g/mol. The van der Waals surface area contributed by atoms with Crippen molar-refractivity contribution in [1.29, 1.82) is 0 Å². The molecule has 92 valence electrons. The van der Waals surface area contributed by atoms with E-state index >= 15 is 0 Å². The summed E-state index contributed by atoms with van der Waals surface area (Å²) in [6, 6.07) is 7.84. The Labute approximate surface area is 103 Å². The lowest BCUT2D eigenvalue weighted by Crippen LogP contribution is -2.46. The number of ketones is 1. The van der Waals surface area contributed by atoms with Gasteiger partial charge in [-0.05, 0) is 14.0 Å². The number of Topliss-reactive ketones (excluding diaryl/α,β-unsaturated/α-hetero) is 1. The van der Waals surface area contributed by atoms with E-state index in [1.807, 2.05) is 31.2 Å². The summed E-state index contributed by atoms with van der Waals surface area (Å²) in [4.78, 5) is 16.6. The highest BCUT2D eigenvalue weighted by atomic mass is 16.1. The standard InChI is InChI=1S/C14H20N2O/c1-12-3-5-13(6-4-12)14(17)11-16-9-7-15(2)8-10-16/h3-6H,7-11H2,1-2H3. The van der Waals surface area contributed by atoms with Gasteiger partial charge >= 0.3 is 0 Å². The molecular weight excluding hydrogens is 212 g/mol. The van der Waals surface area contributed by atoms with Crippen LogP contribution in [-0.4, -0.2) is 55.4 Å². The lowest BCUT2D eigenvalue weighted by Gasteiger charge is -2.31. The van der Waals surface area contributed by atoms with Gasteiger partial charge in [0.2, 0.25) is 0 Å². The highest BCUT2D eigenvalue weighted by molar-refractivity contribution is 5.97. The Balaban J connectivity index is 1.91. The van der Waals surface area contributed by atoms with Crippen LogP contribution < -0.4 is 0 Å². The number of rotatable bonds is 3. The van der Waals surface area contributed by atoms with E-state index in [-0.39, 0.29) is 5.78 Å². The van der Waals surface area contributed by atoms with Crippen LogP contribution in [0.2, 0.25) is 0 Å². The first-order valence-corrected chi connectivity index (χ1v) is 6.16. The molecule has 1 aromatic carbocycles. The predicted molar refractivity (Wildman–Crippen MR) is 69.4 cm³/mol. The van der Waals surface area contributed by atoms with Crippen LogP contribution >= 0.6 is 0 Å². The number of piperazine rings is 1. The Bertz CT molecular complexity index is 378. The monoisotopic (exact) mass is 232 g/mol. The lowest BCUT2D eigenvalue weighted by molar-refractivity contribution is 0.0876. The number of aryl methyl sites for hydroxylation is 1. The molecule has 0 unspecified atom stereocenters. The van der Waals surface area contributed by atoms with Crippen LogP contribution in [-0.2, 0) is 0 Å². The number of hydrogen-bond donors (Lipinski definition) is 0. The minimum atomic E-state index is 0.231. The molecule has 0 saturated carbocycles. The van der Waals surface area contributed by atoms with Crippen molar-refractivity contribution >= 4 is 5.78 Å². The van der Waals surface area contributed by atoms with Crippen molar-refractivity contribution in [3.8, 4) is 0 Å². The summed E-state index contributed by atoms with van der Waals surface area (Å²) >= 11 is 0. The molecular formula is C14H20N2O. The fourth-order valence-corrected chi connectivity index (χ4v) is 2.04. The molecule has 1 aliphatic rings. The first-order valence-electron chi connectivity index (χ1n) is 6.16. The van der Waals surface area contributed by atoms with Gasteiger partial charge in [-0.1, -0.05) is 29.8 Å². The molecule has 0 atom stereocenters. The summed E-state index contributed by atoms with van der Waals surface area (Å²) in [7, 11) is 2.12. The molecule has 1 aliphatic heterocycles.